The Kier molecular flexibility index (Phi) is 4.19. The molecule has 0 radical (unpaired) electrons. The van der Waals surface area contributed by atoms with Crippen LogP contribution in [0, 0.1) is 28.1 Å². The van der Waals surface area contributed by atoms with E-state index < -0.39 is 5.97 Å². The van der Waals surface area contributed by atoms with E-state index >= 15 is 0 Å². The zero-order chi connectivity index (χ0) is 18.7. The first-order valence-corrected chi connectivity index (χ1v) is 10.6. The molecule has 0 saturated heterocycles. The number of quaternary nitrogens is 1. The topological polar surface area (TPSA) is 41.7 Å². The van der Waals surface area contributed by atoms with Crippen LogP contribution in [0.25, 0.3) is 0 Å². The molecule has 0 aromatic carbocycles. The third-order valence-electron chi connectivity index (χ3n) is 8.83. The minimum Gasteiger partial charge on any atom is -0.477 e. The lowest BCUT2D eigenvalue weighted by Gasteiger charge is -2.64. The van der Waals surface area contributed by atoms with Gasteiger partial charge in [0.1, 0.15) is 6.54 Å². The van der Waals surface area contributed by atoms with Gasteiger partial charge in [0.2, 0.25) is 0 Å². The summed E-state index contributed by atoms with van der Waals surface area (Å²) in [4.78, 5) is 12.2. The van der Waals surface area contributed by atoms with Gasteiger partial charge in [-0.15, -0.1) is 0 Å². The first-order chi connectivity index (χ1) is 12.2. The minimum absolute atomic E-state index is 0.196. The number of hydrogen-bond donors (Lipinski definition) is 2. The first kappa shape index (κ1) is 18.3. The third kappa shape index (κ3) is 2.61. The van der Waals surface area contributed by atoms with Crippen molar-refractivity contribution in [1.82, 2.24) is 0 Å². The molecule has 4 aliphatic rings. The minimum atomic E-state index is -0.703. The molecule has 1 heterocycles. The maximum Gasteiger partial charge on any atom is 0.359 e. The van der Waals surface area contributed by atoms with Crippen molar-refractivity contribution in [3.8, 4) is 0 Å². The molecule has 3 aliphatic carbocycles. The molecule has 0 amide bonds. The summed E-state index contributed by atoms with van der Waals surface area (Å²) in [5.74, 6) is 0.925. The van der Waals surface area contributed by atoms with Gasteiger partial charge in [0, 0.05) is 0 Å². The fourth-order valence-corrected chi connectivity index (χ4v) is 7.82. The number of aliphatic carboxylic acids is 1. The molecular formula is C23H36NO2+. The largest absolute Gasteiger partial charge is 0.477 e. The average Bonchev–Trinajstić information content (AvgIpc) is 2.52. The van der Waals surface area contributed by atoms with Crippen LogP contribution in [0.2, 0.25) is 0 Å². The molecule has 0 spiro atoms. The van der Waals surface area contributed by atoms with Crippen molar-refractivity contribution in [2.75, 3.05) is 13.1 Å². The van der Waals surface area contributed by atoms with Gasteiger partial charge in [-0.05, 0) is 83.8 Å². The van der Waals surface area contributed by atoms with Crippen LogP contribution in [0.5, 0.6) is 0 Å². The first-order valence-electron chi connectivity index (χ1n) is 10.6. The lowest BCUT2D eigenvalue weighted by Crippen LogP contribution is -3.09. The molecule has 0 aromatic rings. The highest BCUT2D eigenvalue weighted by molar-refractivity contribution is 5.67. The van der Waals surface area contributed by atoms with Crippen molar-refractivity contribution < 1.29 is 14.8 Å². The summed E-state index contributed by atoms with van der Waals surface area (Å²) < 4.78 is 0. The van der Waals surface area contributed by atoms with E-state index in [9.17, 15) is 4.79 Å². The van der Waals surface area contributed by atoms with Crippen LogP contribution < -0.4 is 4.90 Å². The maximum absolute atomic E-state index is 11.1. The van der Waals surface area contributed by atoms with E-state index in [1.807, 2.05) is 0 Å². The maximum atomic E-state index is 11.1. The lowest BCUT2D eigenvalue weighted by atomic mass is 9.40. The zero-order valence-electron chi connectivity index (χ0n) is 17.0. The quantitative estimate of drug-likeness (QED) is 0.788. The zero-order valence-corrected chi connectivity index (χ0v) is 17.0. The molecule has 3 heteroatoms. The monoisotopic (exact) mass is 358 g/mol. The summed E-state index contributed by atoms with van der Waals surface area (Å²) in [6.07, 6.45) is 13.7. The molecule has 5 atom stereocenters. The van der Waals surface area contributed by atoms with Crippen LogP contribution in [0.1, 0.15) is 72.6 Å². The molecule has 2 fully saturated rings. The van der Waals surface area contributed by atoms with Crippen LogP contribution in [0.4, 0.5) is 0 Å². The Hall–Kier alpha value is -1.09. The number of carboxylic acids is 1. The number of hydrogen-bond acceptors (Lipinski definition) is 1. The summed E-state index contributed by atoms with van der Waals surface area (Å²) in [5.41, 5.74) is 4.35. The summed E-state index contributed by atoms with van der Waals surface area (Å²) >= 11 is 0. The Morgan fingerprint density at radius 3 is 2.65 bits per heavy atom. The molecule has 26 heavy (non-hydrogen) atoms. The Morgan fingerprint density at radius 1 is 1.15 bits per heavy atom. The van der Waals surface area contributed by atoms with E-state index in [1.165, 1.54) is 44.9 Å². The van der Waals surface area contributed by atoms with E-state index in [0.29, 0.717) is 10.8 Å². The SMILES string of the molecule is CC1(C)CCC[C@]2(C)[C@H]3CCC4=C(C=C[NH+](CC(=O)O)C4)[C@]3(C)CC[C@@H]12. The fourth-order valence-electron chi connectivity index (χ4n) is 7.82. The normalized spacial score (nSPS) is 44.1. The second kappa shape index (κ2) is 5.95. The molecule has 2 saturated carbocycles. The fraction of sp³-hybridized carbons (Fsp3) is 0.783. The summed E-state index contributed by atoms with van der Waals surface area (Å²) in [7, 11) is 0. The molecule has 2 N–H and O–H groups in total. The van der Waals surface area contributed by atoms with E-state index in [1.54, 1.807) is 11.1 Å². The van der Waals surface area contributed by atoms with E-state index in [4.69, 9.17) is 5.11 Å². The Balaban J connectivity index is 1.66. The Morgan fingerprint density at radius 2 is 1.92 bits per heavy atom. The second-order valence-electron chi connectivity index (χ2n) is 10.7. The van der Waals surface area contributed by atoms with Crippen LogP contribution in [-0.2, 0) is 4.79 Å². The molecule has 144 valence electrons. The summed E-state index contributed by atoms with van der Waals surface area (Å²) in [5, 5.41) is 9.14. The van der Waals surface area contributed by atoms with Gasteiger partial charge in [-0.3, -0.25) is 4.90 Å². The van der Waals surface area contributed by atoms with E-state index in [2.05, 4.69) is 40.0 Å². The average molecular weight is 359 g/mol. The van der Waals surface area contributed by atoms with Crippen molar-refractivity contribution in [2.45, 2.75) is 72.6 Å². The lowest BCUT2D eigenvalue weighted by molar-refractivity contribution is -0.834. The highest BCUT2D eigenvalue weighted by Crippen LogP contribution is 2.68. The second-order valence-corrected chi connectivity index (χ2v) is 10.7. The molecule has 0 aromatic heterocycles. The van der Waals surface area contributed by atoms with Crippen molar-refractivity contribution in [3.05, 3.63) is 23.4 Å². The summed E-state index contributed by atoms with van der Waals surface area (Å²) in [6, 6.07) is 0. The highest BCUT2D eigenvalue weighted by Gasteiger charge is 2.60. The van der Waals surface area contributed by atoms with Gasteiger partial charge in [0.15, 0.2) is 6.54 Å². The van der Waals surface area contributed by atoms with Gasteiger partial charge in [0.25, 0.3) is 0 Å². The van der Waals surface area contributed by atoms with Gasteiger partial charge in [-0.25, -0.2) is 4.79 Å². The Labute approximate surface area is 158 Å². The molecule has 0 bridgehead atoms. The number of fused-ring (bicyclic) bond motifs is 4. The van der Waals surface area contributed by atoms with Crippen LogP contribution >= 0.6 is 0 Å². The van der Waals surface area contributed by atoms with Crippen molar-refractivity contribution in [2.24, 2.45) is 28.1 Å². The number of carbonyl (C=O) groups is 1. The van der Waals surface area contributed by atoms with Gasteiger partial charge < -0.3 is 5.11 Å². The Bertz CT molecular complexity index is 676. The van der Waals surface area contributed by atoms with Crippen molar-refractivity contribution in [3.63, 3.8) is 0 Å². The van der Waals surface area contributed by atoms with Crippen molar-refractivity contribution in [1.29, 1.82) is 0 Å². The number of rotatable bonds is 2. The van der Waals surface area contributed by atoms with E-state index in [0.717, 1.165) is 23.3 Å². The molecule has 1 unspecified atom stereocenters. The predicted molar refractivity (Wildman–Crippen MR) is 104 cm³/mol. The van der Waals surface area contributed by atoms with Gasteiger partial charge in [0.05, 0.1) is 6.20 Å². The third-order valence-corrected chi connectivity index (χ3v) is 8.83. The molecule has 3 nitrogen and oxygen atoms in total. The van der Waals surface area contributed by atoms with Gasteiger partial charge >= 0.3 is 5.97 Å². The van der Waals surface area contributed by atoms with Crippen LogP contribution in [-0.4, -0.2) is 24.2 Å². The van der Waals surface area contributed by atoms with Gasteiger partial charge in [-0.1, -0.05) is 34.1 Å². The van der Waals surface area contributed by atoms with Crippen LogP contribution in [0.3, 0.4) is 0 Å². The number of nitrogens with one attached hydrogen (secondary N) is 1. The van der Waals surface area contributed by atoms with Crippen LogP contribution in [0.15, 0.2) is 23.4 Å². The smallest absolute Gasteiger partial charge is 0.359 e. The summed E-state index contributed by atoms with van der Waals surface area (Å²) in [6.45, 7) is 11.3. The number of carboxylic acid groups (broad SMARTS) is 1. The molecular weight excluding hydrogens is 322 g/mol. The predicted octanol–water partition coefficient (Wildman–Crippen LogP) is 3.82. The highest BCUT2D eigenvalue weighted by atomic mass is 16.4. The molecule has 1 aliphatic heterocycles. The van der Waals surface area contributed by atoms with Crippen molar-refractivity contribution >= 4 is 5.97 Å². The molecule has 4 rings (SSSR count). The standard InChI is InChI=1S/C23H35NO2/c1-21(2)10-5-11-23(4)18(21)8-12-22(3)17-9-13-24(15-20(25)26)14-16(17)6-7-19(22)23/h9,13,18-19H,5-8,10-12,14-15H2,1-4H3,(H,25,26)/p+1/t18-,19-,22-,23-/m0/s1. The number of allylic oxidation sites excluding steroid dienone is 2. The van der Waals surface area contributed by atoms with E-state index in [-0.39, 0.29) is 12.0 Å². The van der Waals surface area contributed by atoms with Gasteiger partial charge in [-0.2, -0.15) is 0 Å².